The zero-order valence-corrected chi connectivity index (χ0v) is 30.8. The van der Waals surface area contributed by atoms with Crippen LogP contribution in [0.25, 0.3) is 11.0 Å². The van der Waals surface area contributed by atoms with E-state index in [4.69, 9.17) is 9.47 Å². The number of amides is 3. The maximum atomic E-state index is 15.1. The molecule has 5 heterocycles. The van der Waals surface area contributed by atoms with Crippen LogP contribution in [0.4, 0.5) is 0 Å². The molecule has 14 heteroatoms. The first-order chi connectivity index (χ1) is 25.2. The van der Waals surface area contributed by atoms with E-state index in [1.54, 1.807) is 32.5 Å². The molecule has 2 aromatic carbocycles. The first-order valence-corrected chi connectivity index (χ1v) is 18.7. The molecule has 2 saturated heterocycles. The SMILES string of the molecule is C[C@@H]1[C@@H](c2ccccc2)OC(=O)[C@@H]2[C@H]3O[C@@]4(C=C3Br)[C@H](C(=O)N(Cn3nnc5ccccc53)C/C=C\CCC(=O)N1C)N(CCCCCO)C(=O)[C@@H]24. The number of ether oxygens (including phenoxy) is 2. The van der Waals surface area contributed by atoms with E-state index in [-0.39, 0.29) is 50.5 Å². The standard InChI is InChI=1S/C38H43BrN6O7/c1-24-32(25-14-6-3-7-15-25)51-37(50)30-31-35(48)44(20-12-5-13-21-46)34(38(31)22-26(39)33(30)52-38)36(49)43(19-11-4-8-18-29(47)42(24)2)23-45-28-17-10-9-16-27(28)40-41-45/h3-4,6-7,9-11,14-17,22,24,30-34,46H,5,8,12-13,18-21,23H2,1-2H3/b11-4-/t24-,30+,31-,32+,33+,34+,38-/m1/s1. The van der Waals surface area contributed by atoms with E-state index in [1.807, 2.05) is 73.7 Å². The Morgan fingerprint density at radius 2 is 1.73 bits per heavy atom. The number of carbonyl (C=O) groups is 4. The first-order valence-electron chi connectivity index (χ1n) is 17.9. The minimum absolute atomic E-state index is 0.0189. The number of esters is 1. The summed E-state index contributed by atoms with van der Waals surface area (Å²) in [5, 5.41) is 18.1. The van der Waals surface area contributed by atoms with Gasteiger partial charge < -0.3 is 29.3 Å². The lowest BCUT2D eigenvalue weighted by molar-refractivity contribution is -0.164. The van der Waals surface area contributed by atoms with Crippen molar-refractivity contribution >= 4 is 50.7 Å². The summed E-state index contributed by atoms with van der Waals surface area (Å²) in [5.41, 5.74) is 0.676. The summed E-state index contributed by atoms with van der Waals surface area (Å²) in [7, 11) is 1.70. The average Bonchev–Trinajstić information content (AvgIpc) is 3.87. The summed E-state index contributed by atoms with van der Waals surface area (Å²) in [6, 6.07) is 15.1. The molecule has 2 fully saturated rings. The normalized spacial score (nSPS) is 30.2. The number of aromatic nitrogens is 3. The first kappa shape index (κ1) is 36.0. The lowest BCUT2D eigenvalue weighted by Gasteiger charge is -2.35. The number of allylic oxidation sites excluding steroid dienone is 1. The van der Waals surface area contributed by atoms with Crippen molar-refractivity contribution in [3.8, 4) is 0 Å². The number of benzene rings is 2. The van der Waals surface area contributed by atoms with Gasteiger partial charge in [-0.15, -0.1) is 5.10 Å². The van der Waals surface area contributed by atoms with E-state index in [1.165, 1.54) is 0 Å². The monoisotopic (exact) mass is 774 g/mol. The smallest absolute Gasteiger partial charge is 0.313 e. The van der Waals surface area contributed by atoms with E-state index >= 15 is 4.79 Å². The summed E-state index contributed by atoms with van der Waals surface area (Å²) >= 11 is 3.63. The minimum atomic E-state index is -1.45. The van der Waals surface area contributed by atoms with Crippen molar-refractivity contribution in [1.82, 2.24) is 29.7 Å². The van der Waals surface area contributed by atoms with E-state index in [0.29, 0.717) is 41.2 Å². The highest BCUT2D eigenvalue weighted by Gasteiger charge is 2.75. The van der Waals surface area contributed by atoms with Gasteiger partial charge in [-0.25, -0.2) is 4.68 Å². The number of hydrogen-bond donors (Lipinski definition) is 1. The third kappa shape index (κ3) is 6.34. The third-order valence-corrected chi connectivity index (χ3v) is 11.5. The predicted octanol–water partition coefficient (Wildman–Crippen LogP) is 3.73. The molecule has 7 atom stereocenters. The summed E-state index contributed by atoms with van der Waals surface area (Å²) in [6.45, 7) is 2.29. The number of fused-ring (bicyclic) bond motifs is 3. The number of likely N-dealkylation sites (tertiary alicyclic amines) is 1. The van der Waals surface area contributed by atoms with Gasteiger partial charge in [-0.1, -0.05) is 75.8 Å². The highest BCUT2D eigenvalue weighted by molar-refractivity contribution is 9.11. The number of cyclic esters (lactones) is 1. The van der Waals surface area contributed by atoms with Crippen LogP contribution in [-0.4, -0.2) is 109 Å². The molecule has 0 aliphatic carbocycles. The van der Waals surface area contributed by atoms with E-state index in [9.17, 15) is 19.5 Å². The largest absolute Gasteiger partial charge is 0.455 e. The summed E-state index contributed by atoms with van der Waals surface area (Å²) in [5.74, 6) is -3.56. The molecule has 13 nitrogen and oxygen atoms in total. The van der Waals surface area contributed by atoms with Crippen molar-refractivity contribution < 1.29 is 33.8 Å². The van der Waals surface area contributed by atoms with Crippen LogP contribution >= 0.6 is 15.9 Å². The van der Waals surface area contributed by atoms with Gasteiger partial charge in [0.2, 0.25) is 11.8 Å². The fourth-order valence-electron chi connectivity index (χ4n) is 8.08. The lowest BCUT2D eigenvalue weighted by atomic mass is 9.74. The van der Waals surface area contributed by atoms with Gasteiger partial charge in [0.05, 0.1) is 17.5 Å². The fraction of sp³-hybridized carbons (Fsp3) is 0.474. The van der Waals surface area contributed by atoms with Crippen LogP contribution in [0.15, 0.2) is 77.3 Å². The number of para-hydroxylation sites is 1. The second-order valence-electron chi connectivity index (χ2n) is 13.9. The Labute approximate surface area is 310 Å². The second-order valence-corrected chi connectivity index (χ2v) is 14.9. The van der Waals surface area contributed by atoms with Gasteiger partial charge in [0.1, 0.15) is 42.0 Å². The predicted molar refractivity (Wildman–Crippen MR) is 193 cm³/mol. The molecule has 1 spiro atoms. The van der Waals surface area contributed by atoms with Gasteiger partial charge in [-0.2, -0.15) is 0 Å². The molecule has 0 radical (unpaired) electrons. The number of unbranched alkanes of at least 4 members (excludes halogenated alkanes) is 2. The number of hydrogen-bond acceptors (Lipinski definition) is 9. The molecular weight excluding hydrogens is 732 g/mol. The molecule has 4 aliphatic heterocycles. The van der Waals surface area contributed by atoms with Crippen LogP contribution in [0, 0.1) is 11.8 Å². The number of halogens is 1. The minimum Gasteiger partial charge on any atom is -0.455 e. The summed E-state index contributed by atoms with van der Waals surface area (Å²) in [6.07, 6.45) is 6.23. The molecule has 0 saturated carbocycles. The Kier molecular flexibility index (Phi) is 10.3. The van der Waals surface area contributed by atoms with Crippen LogP contribution in [0.5, 0.6) is 0 Å². The Bertz CT molecular complexity index is 1900. The lowest BCUT2D eigenvalue weighted by Crippen LogP contribution is -2.56. The maximum absolute atomic E-state index is 15.1. The third-order valence-electron chi connectivity index (χ3n) is 10.9. The van der Waals surface area contributed by atoms with Crippen molar-refractivity contribution in [1.29, 1.82) is 0 Å². The Morgan fingerprint density at radius 1 is 0.962 bits per heavy atom. The van der Waals surface area contributed by atoms with Crippen LogP contribution in [-0.2, 0) is 35.3 Å². The number of aliphatic hydroxyl groups is 1. The quantitative estimate of drug-likeness (QED) is 0.206. The molecule has 1 N–H and O–H groups in total. The van der Waals surface area contributed by atoms with Crippen molar-refractivity contribution in [2.45, 2.75) is 75.6 Å². The van der Waals surface area contributed by atoms with Gasteiger partial charge in [-0.3, -0.25) is 19.2 Å². The Balaban J connectivity index is 1.32. The maximum Gasteiger partial charge on any atom is 0.313 e. The highest BCUT2D eigenvalue weighted by atomic mass is 79.9. The molecule has 3 amide bonds. The van der Waals surface area contributed by atoms with E-state index in [0.717, 1.165) is 5.52 Å². The zero-order valence-electron chi connectivity index (χ0n) is 29.2. The number of aliphatic hydroxyl groups excluding tert-OH is 1. The van der Waals surface area contributed by atoms with Crippen LogP contribution < -0.4 is 0 Å². The average molecular weight is 776 g/mol. The number of rotatable bonds is 8. The number of carbonyl (C=O) groups excluding carboxylic acids is 4. The molecule has 52 heavy (non-hydrogen) atoms. The molecule has 0 unspecified atom stereocenters. The van der Waals surface area contributed by atoms with Gasteiger partial charge in [0, 0.05) is 37.6 Å². The zero-order chi connectivity index (χ0) is 36.6. The van der Waals surface area contributed by atoms with Crippen LogP contribution in [0.2, 0.25) is 0 Å². The van der Waals surface area contributed by atoms with Gasteiger partial charge in [0.25, 0.3) is 5.91 Å². The van der Waals surface area contributed by atoms with E-state index < -0.39 is 47.7 Å². The van der Waals surface area contributed by atoms with Crippen molar-refractivity contribution in [2.75, 3.05) is 26.7 Å². The van der Waals surface area contributed by atoms with Gasteiger partial charge >= 0.3 is 5.97 Å². The fourth-order valence-corrected chi connectivity index (χ4v) is 8.81. The summed E-state index contributed by atoms with van der Waals surface area (Å²) in [4.78, 5) is 62.5. The molecule has 5 bridgehead atoms. The summed E-state index contributed by atoms with van der Waals surface area (Å²) < 4.78 is 15.2. The molecule has 3 aromatic rings. The van der Waals surface area contributed by atoms with Crippen LogP contribution in [0.3, 0.4) is 0 Å². The molecule has 1 aromatic heterocycles. The second kappa shape index (κ2) is 14.9. The van der Waals surface area contributed by atoms with Crippen molar-refractivity contribution in [3.05, 3.63) is 82.9 Å². The van der Waals surface area contributed by atoms with Crippen molar-refractivity contribution in [2.24, 2.45) is 11.8 Å². The van der Waals surface area contributed by atoms with Crippen LogP contribution in [0.1, 0.15) is 50.7 Å². The Morgan fingerprint density at radius 3 is 2.52 bits per heavy atom. The molecule has 4 aliphatic rings. The van der Waals surface area contributed by atoms with Gasteiger partial charge in [0.15, 0.2) is 0 Å². The molecule has 274 valence electrons. The van der Waals surface area contributed by atoms with Crippen molar-refractivity contribution in [3.63, 3.8) is 0 Å². The topological polar surface area (TPSA) is 147 Å². The van der Waals surface area contributed by atoms with E-state index in [2.05, 4.69) is 26.2 Å². The highest BCUT2D eigenvalue weighted by Crippen LogP contribution is 2.59. The molecule has 7 rings (SSSR count). The number of likely N-dealkylation sites (N-methyl/N-ethyl adjacent to an activating group) is 1. The molecular formula is C38H43BrN6O7. The van der Waals surface area contributed by atoms with Gasteiger partial charge in [-0.05, 0) is 56.4 Å². The Hall–Kier alpha value is -4.40. The number of nitrogens with zero attached hydrogens (tertiary/aromatic N) is 6.